The van der Waals surface area contributed by atoms with Crippen LogP contribution in [0.5, 0.6) is 0 Å². The van der Waals surface area contributed by atoms with Crippen molar-refractivity contribution in [3.05, 3.63) is 81.7 Å². The molecule has 33 heavy (non-hydrogen) atoms. The fourth-order valence-electron chi connectivity index (χ4n) is 3.41. The molecular weight excluding hydrogens is 465 g/mol. The van der Waals surface area contributed by atoms with E-state index in [1.165, 1.54) is 6.08 Å². The molecule has 0 radical (unpaired) electrons. The number of furan rings is 1. The molecule has 1 aliphatic heterocycles. The van der Waals surface area contributed by atoms with Crippen LogP contribution in [0.1, 0.15) is 18.2 Å². The molecule has 2 heterocycles. The Kier molecular flexibility index (Phi) is 6.53. The summed E-state index contributed by atoms with van der Waals surface area (Å²) >= 11 is 12.1. The molecule has 0 saturated carbocycles. The van der Waals surface area contributed by atoms with Crippen molar-refractivity contribution in [1.82, 2.24) is 10.2 Å². The Morgan fingerprint density at radius 2 is 1.91 bits per heavy atom. The number of nitrogens with one attached hydrogen (secondary N) is 2. The number of rotatable bonds is 6. The van der Waals surface area contributed by atoms with Gasteiger partial charge >= 0.3 is 6.03 Å². The van der Waals surface area contributed by atoms with Gasteiger partial charge in [-0.2, -0.15) is 0 Å². The first-order chi connectivity index (χ1) is 15.9. The molecule has 1 aliphatic rings. The van der Waals surface area contributed by atoms with E-state index in [9.17, 15) is 14.4 Å². The Morgan fingerprint density at radius 1 is 1.12 bits per heavy atom. The van der Waals surface area contributed by atoms with Crippen LogP contribution in [0, 0.1) is 0 Å². The minimum Gasteiger partial charge on any atom is -0.457 e. The molecule has 4 rings (SSSR count). The van der Waals surface area contributed by atoms with Crippen LogP contribution in [-0.4, -0.2) is 29.3 Å². The number of carbonyl (C=O) groups excluding carboxylic acids is 3. The SMILES string of the molecule is CCc1ccccc1NC(=O)CN1C(=O)N/C(=C\c2ccc(-c3ccc(Cl)cc3Cl)o2)C1=O. The third-order valence-corrected chi connectivity index (χ3v) is 5.59. The van der Waals surface area contributed by atoms with Crippen LogP contribution in [0.2, 0.25) is 10.0 Å². The van der Waals surface area contributed by atoms with Gasteiger partial charge in [0, 0.05) is 22.3 Å². The van der Waals surface area contributed by atoms with Crippen LogP contribution in [0.3, 0.4) is 0 Å². The number of imide groups is 1. The van der Waals surface area contributed by atoms with Crippen LogP contribution in [0.15, 0.2) is 64.7 Å². The summed E-state index contributed by atoms with van der Waals surface area (Å²) in [4.78, 5) is 38.3. The summed E-state index contributed by atoms with van der Waals surface area (Å²) in [6.07, 6.45) is 2.14. The van der Waals surface area contributed by atoms with Crippen LogP contribution in [0.4, 0.5) is 10.5 Å². The zero-order valence-corrected chi connectivity index (χ0v) is 19.0. The van der Waals surface area contributed by atoms with Crippen molar-refractivity contribution in [1.29, 1.82) is 0 Å². The number of hydrogen-bond acceptors (Lipinski definition) is 4. The van der Waals surface area contributed by atoms with Crippen molar-refractivity contribution in [2.75, 3.05) is 11.9 Å². The Balaban J connectivity index is 1.47. The van der Waals surface area contributed by atoms with Gasteiger partial charge in [-0.15, -0.1) is 0 Å². The minimum atomic E-state index is -0.683. The maximum Gasteiger partial charge on any atom is 0.329 e. The van der Waals surface area contributed by atoms with Gasteiger partial charge in [-0.3, -0.25) is 9.59 Å². The predicted octanol–water partition coefficient (Wildman–Crippen LogP) is 5.35. The summed E-state index contributed by atoms with van der Waals surface area (Å²) < 4.78 is 5.75. The molecular formula is C24H19Cl2N3O4. The average molecular weight is 484 g/mol. The van der Waals surface area contributed by atoms with Gasteiger partial charge in [-0.1, -0.05) is 48.3 Å². The zero-order valence-electron chi connectivity index (χ0n) is 17.5. The average Bonchev–Trinajstić information content (AvgIpc) is 3.34. The Bertz CT molecular complexity index is 1280. The molecule has 9 heteroatoms. The Morgan fingerprint density at radius 3 is 2.67 bits per heavy atom. The van der Waals surface area contributed by atoms with E-state index < -0.39 is 24.4 Å². The lowest BCUT2D eigenvalue weighted by molar-refractivity contribution is -0.127. The fraction of sp³-hybridized carbons (Fsp3) is 0.125. The van der Waals surface area contributed by atoms with Gasteiger partial charge in [-0.05, 0) is 48.4 Å². The number of para-hydroxylation sites is 1. The standard InChI is InChI=1S/C24H19Cl2N3O4/c1-2-14-5-3-4-6-19(14)27-22(30)13-29-23(31)20(28-24(29)32)12-16-8-10-21(33-16)17-9-7-15(25)11-18(17)26/h3-12H,2,13H2,1H3,(H,27,30)(H,28,32)/b20-12-. The molecule has 0 spiro atoms. The topological polar surface area (TPSA) is 91.7 Å². The number of amides is 4. The van der Waals surface area contributed by atoms with Gasteiger partial charge in [0.25, 0.3) is 5.91 Å². The second-order valence-corrected chi connectivity index (χ2v) is 8.11. The molecule has 2 aromatic carbocycles. The van der Waals surface area contributed by atoms with Gasteiger partial charge in [0.1, 0.15) is 23.8 Å². The molecule has 0 unspecified atom stereocenters. The highest BCUT2D eigenvalue weighted by molar-refractivity contribution is 6.36. The quantitative estimate of drug-likeness (QED) is 0.365. The molecule has 7 nitrogen and oxygen atoms in total. The van der Waals surface area contributed by atoms with E-state index in [-0.39, 0.29) is 5.70 Å². The fourth-order valence-corrected chi connectivity index (χ4v) is 3.91. The van der Waals surface area contributed by atoms with Crippen LogP contribution in [0.25, 0.3) is 17.4 Å². The Labute approximate surface area is 200 Å². The molecule has 0 bridgehead atoms. The monoisotopic (exact) mass is 483 g/mol. The molecule has 1 aromatic heterocycles. The van der Waals surface area contributed by atoms with Crippen molar-refractivity contribution >= 4 is 52.8 Å². The molecule has 4 amide bonds. The van der Waals surface area contributed by atoms with E-state index in [4.69, 9.17) is 27.6 Å². The molecule has 0 atom stereocenters. The molecule has 3 aromatic rings. The van der Waals surface area contributed by atoms with Gasteiger partial charge in [0.05, 0.1) is 5.02 Å². The first kappa shape index (κ1) is 22.6. The molecule has 1 saturated heterocycles. The lowest BCUT2D eigenvalue weighted by atomic mass is 10.1. The summed E-state index contributed by atoms with van der Waals surface area (Å²) in [7, 11) is 0. The first-order valence-electron chi connectivity index (χ1n) is 10.1. The molecule has 1 fully saturated rings. The predicted molar refractivity (Wildman–Crippen MR) is 127 cm³/mol. The smallest absolute Gasteiger partial charge is 0.329 e. The second kappa shape index (κ2) is 9.52. The number of aryl methyl sites for hydroxylation is 1. The van der Waals surface area contributed by atoms with Crippen LogP contribution < -0.4 is 10.6 Å². The van der Waals surface area contributed by atoms with Crippen LogP contribution in [-0.2, 0) is 16.0 Å². The molecule has 2 N–H and O–H groups in total. The highest BCUT2D eigenvalue weighted by Gasteiger charge is 2.35. The normalized spacial score (nSPS) is 14.6. The summed E-state index contributed by atoms with van der Waals surface area (Å²) in [6.45, 7) is 1.56. The summed E-state index contributed by atoms with van der Waals surface area (Å²) in [6, 6.07) is 15.0. The van der Waals surface area contributed by atoms with E-state index in [1.54, 1.807) is 42.5 Å². The summed E-state index contributed by atoms with van der Waals surface area (Å²) in [5.74, 6) is -0.284. The number of halogens is 2. The number of hydrogen-bond donors (Lipinski definition) is 2. The van der Waals surface area contributed by atoms with Crippen molar-refractivity contribution in [3.8, 4) is 11.3 Å². The first-order valence-corrected chi connectivity index (χ1v) is 10.9. The maximum absolute atomic E-state index is 12.7. The van der Waals surface area contributed by atoms with Gasteiger partial charge < -0.3 is 15.1 Å². The van der Waals surface area contributed by atoms with Gasteiger partial charge in [0.15, 0.2) is 0 Å². The van der Waals surface area contributed by atoms with E-state index in [2.05, 4.69) is 10.6 Å². The van der Waals surface area contributed by atoms with Gasteiger partial charge in [-0.25, -0.2) is 9.69 Å². The van der Waals surface area contributed by atoms with Crippen molar-refractivity contribution in [3.63, 3.8) is 0 Å². The molecule has 0 aliphatic carbocycles. The maximum atomic E-state index is 12.7. The van der Waals surface area contributed by atoms with Gasteiger partial charge in [0.2, 0.25) is 5.91 Å². The Hall–Kier alpha value is -3.55. The minimum absolute atomic E-state index is 0.00450. The van der Waals surface area contributed by atoms with Crippen molar-refractivity contribution < 1.29 is 18.8 Å². The largest absolute Gasteiger partial charge is 0.457 e. The van der Waals surface area contributed by atoms with E-state index >= 15 is 0 Å². The highest BCUT2D eigenvalue weighted by Crippen LogP contribution is 2.32. The highest BCUT2D eigenvalue weighted by atomic mass is 35.5. The number of urea groups is 1. The molecule has 168 valence electrons. The van der Waals surface area contributed by atoms with Crippen molar-refractivity contribution in [2.24, 2.45) is 0 Å². The third-order valence-electron chi connectivity index (χ3n) is 5.05. The zero-order chi connectivity index (χ0) is 23.5. The van der Waals surface area contributed by atoms with Crippen LogP contribution >= 0.6 is 23.2 Å². The number of nitrogens with zero attached hydrogens (tertiary/aromatic N) is 1. The second-order valence-electron chi connectivity index (χ2n) is 7.26. The lowest BCUT2D eigenvalue weighted by Gasteiger charge is -2.13. The van der Waals surface area contributed by atoms with E-state index in [0.29, 0.717) is 32.8 Å². The number of carbonyl (C=O) groups is 3. The van der Waals surface area contributed by atoms with E-state index in [0.717, 1.165) is 16.9 Å². The van der Waals surface area contributed by atoms with E-state index in [1.807, 2.05) is 19.1 Å². The number of anilines is 1. The van der Waals surface area contributed by atoms with Crippen molar-refractivity contribution in [2.45, 2.75) is 13.3 Å². The summed E-state index contributed by atoms with van der Waals surface area (Å²) in [5.41, 5.74) is 2.25. The lowest BCUT2D eigenvalue weighted by Crippen LogP contribution is -2.38. The third kappa shape index (κ3) is 4.94. The summed E-state index contributed by atoms with van der Waals surface area (Å²) in [5, 5.41) is 6.15. The number of benzene rings is 2.